The molecule has 1 N–H and O–H groups in total. The van der Waals surface area contributed by atoms with E-state index in [-0.39, 0.29) is 16.8 Å². The summed E-state index contributed by atoms with van der Waals surface area (Å²) in [6, 6.07) is 18.4. The molecule has 8 heteroatoms. The Balaban J connectivity index is 1.85. The first-order chi connectivity index (χ1) is 14.8. The zero-order valence-electron chi connectivity index (χ0n) is 15.7. The number of fused-ring (bicyclic) bond motifs is 1. The van der Waals surface area contributed by atoms with E-state index in [1.165, 1.54) is 6.07 Å². The molecule has 0 radical (unpaired) electrons. The molecule has 0 saturated heterocycles. The van der Waals surface area contributed by atoms with Crippen molar-refractivity contribution in [1.29, 1.82) is 0 Å². The maximum Gasteiger partial charge on any atom is 0.417 e. The average molecular weight is 444 g/mol. The Morgan fingerprint density at radius 1 is 0.903 bits per heavy atom. The molecular weight excluding hydrogens is 431 g/mol. The van der Waals surface area contributed by atoms with E-state index in [4.69, 9.17) is 16.0 Å². The zero-order valence-corrected chi connectivity index (χ0v) is 16.4. The number of hydrogen-bond donors (Lipinski definition) is 1. The van der Waals surface area contributed by atoms with Crippen molar-refractivity contribution in [3.8, 4) is 11.1 Å². The third-order valence-electron chi connectivity index (χ3n) is 4.64. The molecule has 0 spiro atoms. The van der Waals surface area contributed by atoms with E-state index in [2.05, 4.69) is 5.32 Å². The molecule has 3 aromatic carbocycles. The number of rotatable bonds is 3. The van der Waals surface area contributed by atoms with Crippen molar-refractivity contribution in [2.24, 2.45) is 0 Å². The van der Waals surface area contributed by atoms with Crippen LogP contribution in [0.15, 0.2) is 82.0 Å². The van der Waals surface area contributed by atoms with Gasteiger partial charge < -0.3 is 9.73 Å². The molecule has 4 rings (SSSR count). The fourth-order valence-corrected chi connectivity index (χ4v) is 3.48. The first-order valence-corrected chi connectivity index (χ1v) is 9.43. The van der Waals surface area contributed by atoms with Gasteiger partial charge in [-0.3, -0.25) is 4.79 Å². The van der Waals surface area contributed by atoms with Gasteiger partial charge in [0.1, 0.15) is 0 Å². The standard InChI is InChI=1S/C23H13ClF3NO3/c24-18-11-10-14(12-17(18)23(25,26)27)28-21(29)20-19(13-6-2-1-3-7-13)15-8-4-5-9-16(15)22(30)31-20/h1-12H,(H,28,29). The van der Waals surface area contributed by atoms with Gasteiger partial charge >= 0.3 is 11.8 Å². The minimum absolute atomic E-state index is 0.142. The van der Waals surface area contributed by atoms with Crippen LogP contribution in [-0.4, -0.2) is 5.91 Å². The summed E-state index contributed by atoms with van der Waals surface area (Å²) in [5.41, 5.74) is -0.989. The lowest BCUT2D eigenvalue weighted by Gasteiger charge is -2.14. The van der Waals surface area contributed by atoms with Crippen molar-refractivity contribution >= 4 is 34.0 Å². The predicted molar refractivity (Wildman–Crippen MR) is 112 cm³/mol. The quantitative estimate of drug-likeness (QED) is 0.399. The van der Waals surface area contributed by atoms with Crippen molar-refractivity contribution in [2.45, 2.75) is 6.18 Å². The molecule has 1 heterocycles. The summed E-state index contributed by atoms with van der Waals surface area (Å²) in [6.07, 6.45) is -4.69. The van der Waals surface area contributed by atoms with Gasteiger partial charge in [-0.2, -0.15) is 13.2 Å². The summed E-state index contributed by atoms with van der Waals surface area (Å²) >= 11 is 5.63. The minimum Gasteiger partial charge on any atom is -0.416 e. The van der Waals surface area contributed by atoms with E-state index >= 15 is 0 Å². The van der Waals surface area contributed by atoms with Crippen LogP contribution in [0.2, 0.25) is 5.02 Å². The van der Waals surface area contributed by atoms with Gasteiger partial charge in [0.05, 0.1) is 16.0 Å². The van der Waals surface area contributed by atoms with Gasteiger partial charge in [0.15, 0.2) is 0 Å². The molecule has 156 valence electrons. The van der Waals surface area contributed by atoms with Crippen molar-refractivity contribution in [2.75, 3.05) is 5.32 Å². The molecule has 1 amide bonds. The van der Waals surface area contributed by atoms with Gasteiger partial charge in [0.2, 0.25) is 5.76 Å². The van der Waals surface area contributed by atoms with Gasteiger partial charge in [-0.15, -0.1) is 0 Å². The van der Waals surface area contributed by atoms with Gasteiger partial charge in [-0.25, -0.2) is 4.79 Å². The lowest BCUT2D eigenvalue weighted by Crippen LogP contribution is -2.17. The lowest BCUT2D eigenvalue weighted by molar-refractivity contribution is -0.137. The number of carbonyl (C=O) groups excluding carboxylic acids is 1. The molecule has 4 aromatic rings. The second kappa shape index (κ2) is 7.92. The summed E-state index contributed by atoms with van der Waals surface area (Å²) < 4.78 is 44.8. The second-order valence-electron chi connectivity index (χ2n) is 6.65. The van der Waals surface area contributed by atoms with Crippen LogP contribution in [0.25, 0.3) is 21.9 Å². The van der Waals surface area contributed by atoms with E-state index in [0.717, 1.165) is 12.1 Å². The first-order valence-electron chi connectivity index (χ1n) is 9.05. The summed E-state index contributed by atoms with van der Waals surface area (Å²) in [5.74, 6) is -1.17. The second-order valence-corrected chi connectivity index (χ2v) is 7.06. The average Bonchev–Trinajstić information content (AvgIpc) is 2.75. The molecule has 0 fully saturated rings. The number of carbonyl (C=O) groups is 1. The maximum atomic E-state index is 13.1. The van der Waals surface area contributed by atoms with Crippen molar-refractivity contribution in [3.05, 3.63) is 99.6 Å². The fourth-order valence-electron chi connectivity index (χ4n) is 3.26. The Morgan fingerprint density at radius 3 is 2.23 bits per heavy atom. The molecule has 0 unspecified atom stereocenters. The molecule has 4 nitrogen and oxygen atoms in total. The number of alkyl halides is 3. The Hall–Kier alpha value is -3.58. The van der Waals surface area contributed by atoms with Crippen LogP contribution < -0.4 is 10.9 Å². The van der Waals surface area contributed by atoms with E-state index in [9.17, 15) is 22.8 Å². The number of hydrogen-bond acceptors (Lipinski definition) is 3. The topological polar surface area (TPSA) is 59.3 Å². The number of benzene rings is 3. The molecule has 0 atom stereocenters. The lowest BCUT2D eigenvalue weighted by atomic mass is 9.98. The molecular formula is C23H13ClF3NO3. The molecule has 0 aliphatic rings. The highest BCUT2D eigenvalue weighted by molar-refractivity contribution is 6.31. The highest BCUT2D eigenvalue weighted by atomic mass is 35.5. The fraction of sp³-hybridized carbons (Fsp3) is 0.0435. The Labute approximate surface area is 178 Å². The molecule has 0 bridgehead atoms. The van der Waals surface area contributed by atoms with Gasteiger partial charge in [0.25, 0.3) is 5.91 Å². The van der Waals surface area contributed by atoms with E-state index in [0.29, 0.717) is 16.5 Å². The van der Waals surface area contributed by atoms with Crippen LogP contribution in [0, 0.1) is 0 Å². The van der Waals surface area contributed by atoms with Crippen LogP contribution in [0.5, 0.6) is 0 Å². The zero-order chi connectivity index (χ0) is 22.2. The first kappa shape index (κ1) is 20.7. The Kier molecular flexibility index (Phi) is 5.29. The maximum absolute atomic E-state index is 13.1. The van der Waals surface area contributed by atoms with E-state index in [1.807, 2.05) is 0 Å². The normalized spacial score (nSPS) is 11.5. The molecule has 1 aromatic heterocycles. The Morgan fingerprint density at radius 2 is 1.55 bits per heavy atom. The predicted octanol–water partition coefficient (Wildman–Crippen LogP) is 6.38. The van der Waals surface area contributed by atoms with Crippen LogP contribution in [0.1, 0.15) is 16.1 Å². The van der Waals surface area contributed by atoms with Crippen molar-refractivity contribution in [3.63, 3.8) is 0 Å². The number of amides is 1. The number of nitrogens with one attached hydrogen (secondary N) is 1. The van der Waals surface area contributed by atoms with E-state index in [1.54, 1.807) is 54.6 Å². The van der Waals surface area contributed by atoms with Gasteiger partial charge in [-0.05, 0) is 29.8 Å². The molecule has 0 saturated carbocycles. The SMILES string of the molecule is O=C(Nc1ccc(Cl)c(C(F)(F)F)c1)c1oc(=O)c2ccccc2c1-c1ccccc1. The van der Waals surface area contributed by atoms with Crippen LogP contribution in [0.3, 0.4) is 0 Å². The molecule has 0 aliphatic carbocycles. The molecule has 31 heavy (non-hydrogen) atoms. The highest BCUT2D eigenvalue weighted by Gasteiger charge is 2.33. The summed E-state index contributed by atoms with van der Waals surface area (Å²) in [6.45, 7) is 0. The van der Waals surface area contributed by atoms with Crippen molar-refractivity contribution < 1.29 is 22.4 Å². The largest absolute Gasteiger partial charge is 0.417 e. The van der Waals surface area contributed by atoms with E-state index < -0.39 is 28.3 Å². The minimum atomic E-state index is -4.69. The van der Waals surface area contributed by atoms with Gasteiger partial charge in [-0.1, -0.05) is 60.1 Å². The summed E-state index contributed by atoms with van der Waals surface area (Å²) in [4.78, 5) is 25.4. The Bertz CT molecular complexity index is 1350. The van der Waals surface area contributed by atoms with Crippen molar-refractivity contribution in [1.82, 2.24) is 0 Å². The third kappa shape index (κ3) is 4.04. The smallest absolute Gasteiger partial charge is 0.416 e. The molecule has 0 aliphatic heterocycles. The van der Waals surface area contributed by atoms with Crippen LogP contribution in [0.4, 0.5) is 18.9 Å². The number of halogens is 4. The van der Waals surface area contributed by atoms with Gasteiger partial charge in [0, 0.05) is 16.6 Å². The monoisotopic (exact) mass is 443 g/mol. The highest BCUT2D eigenvalue weighted by Crippen LogP contribution is 2.36. The third-order valence-corrected chi connectivity index (χ3v) is 4.97. The van der Waals surface area contributed by atoms with Crippen LogP contribution in [-0.2, 0) is 6.18 Å². The number of anilines is 1. The summed E-state index contributed by atoms with van der Waals surface area (Å²) in [5, 5.41) is 2.65. The summed E-state index contributed by atoms with van der Waals surface area (Å²) in [7, 11) is 0. The van der Waals surface area contributed by atoms with Crippen LogP contribution >= 0.6 is 11.6 Å².